The van der Waals surface area contributed by atoms with E-state index in [1.807, 2.05) is 11.5 Å². The van der Waals surface area contributed by atoms with Gasteiger partial charge in [-0.2, -0.15) is 0 Å². The van der Waals surface area contributed by atoms with E-state index < -0.39 is 124 Å². The van der Waals surface area contributed by atoms with Gasteiger partial charge in [-0.05, 0) is 149 Å². The fourth-order valence-electron chi connectivity index (χ4n) is 12.7. The number of nitrogens with zero attached hydrogens (tertiary/aromatic N) is 12. The lowest BCUT2D eigenvalue weighted by molar-refractivity contribution is -0.172. The fourth-order valence-corrected chi connectivity index (χ4v) is 16.6. The van der Waals surface area contributed by atoms with Crippen molar-refractivity contribution in [3.05, 3.63) is 74.4 Å². The van der Waals surface area contributed by atoms with Gasteiger partial charge in [0.1, 0.15) is 75.5 Å². The van der Waals surface area contributed by atoms with Crippen LogP contribution in [0.3, 0.4) is 0 Å². The Bertz CT molecular complexity index is 4090. The molecule has 8 aromatic rings. The molecule has 28 nitrogen and oxygen atoms in total. The number of rotatable bonds is 16. The van der Waals surface area contributed by atoms with Crippen LogP contribution >= 0.6 is 27.5 Å². The zero-order valence-electron chi connectivity index (χ0n) is 56.7. The van der Waals surface area contributed by atoms with E-state index in [1.165, 1.54) is 0 Å². The second-order valence-corrected chi connectivity index (χ2v) is 46.8. The van der Waals surface area contributed by atoms with Crippen LogP contribution in [0.5, 0.6) is 0 Å². The molecule has 13 rings (SSSR count). The number of nitrogens with two attached hydrogens (primary N) is 4. The third-order valence-corrected chi connectivity index (χ3v) is 24.4. The second-order valence-electron chi connectivity index (χ2n) is 29.6. The predicted molar refractivity (Wildman–Crippen MR) is 389 cm³/mol. The van der Waals surface area contributed by atoms with E-state index in [1.54, 1.807) is 102 Å². The van der Waals surface area contributed by atoms with Crippen molar-refractivity contribution in [2.45, 2.75) is 143 Å². The van der Waals surface area contributed by atoms with Crippen molar-refractivity contribution in [3.8, 4) is 0 Å². The van der Waals surface area contributed by atoms with Crippen LogP contribution < -0.4 is 22.9 Å². The predicted octanol–water partition coefficient (Wildman–Crippen LogP) is 4.51. The number of anilines is 4. The smallest absolute Gasteiger partial charge is 0.168 e. The molecule has 13 heterocycles. The lowest BCUT2D eigenvalue weighted by Gasteiger charge is -2.32. The number of nitrogen functional groups attached to an aromatic ring is 4. The molecule has 0 saturated carbocycles. The van der Waals surface area contributed by atoms with Gasteiger partial charge in [0.2, 0.25) is 0 Å². The van der Waals surface area contributed by atoms with Crippen LogP contribution in [0.1, 0.15) is 71.4 Å². The zero-order valence-corrected chi connectivity index (χ0v) is 60.3. The minimum Gasteiger partial charge on any atom is -0.397 e. The van der Waals surface area contributed by atoms with Crippen LogP contribution in [0.4, 0.5) is 22.7 Å². The first-order valence-corrected chi connectivity index (χ1v) is 44.0. The highest BCUT2D eigenvalue weighted by atomic mass is 31.2. The normalized spacial score (nSPS) is 31.4. The van der Waals surface area contributed by atoms with Crippen LogP contribution in [-0.4, -0.2) is 275 Å². The molecule has 5 aliphatic rings. The second kappa shape index (κ2) is 27.2. The number of imidazole rings is 4. The van der Waals surface area contributed by atoms with Crippen LogP contribution in [-0.2, 0) is 23.7 Å². The Hall–Kier alpha value is -5.60. The Morgan fingerprint density at radius 1 is 0.469 bits per heavy atom. The number of aliphatic hydroxyl groups is 7. The molecule has 15 N–H and O–H groups in total. The van der Waals surface area contributed by atoms with E-state index in [-0.39, 0.29) is 0 Å². The zero-order chi connectivity index (χ0) is 70.2. The molecule has 5 aliphatic heterocycles. The first-order valence-electron chi connectivity index (χ1n) is 31.8. The lowest BCUT2D eigenvalue weighted by atomic mass is 9.95. The molecule has 0 spiro atoms. The van der Waals surface area contributed by atoms with Gasteiger partial charge in [-0.3, -0.25) is 18.3 Å². The summed E-state index contributed by atoms with van der Waals surface area (Å²) in [6, 6.07) is 6.73. The highest BCUT2D eigenvalue weighted by molar-refractivity contribution is 7.73. The summed E-state index contributed by atoms with van der Waals surface area (Å²) in [5.41, 5.74) is 25.9. The Balaban J connectivity index is 0.000000139. The summed E-state index contributed by atoms with van der Waals surface area (Å²) in [5.74, 6) is 0. The first-order chi connectivity index (χ1) is 44.6. The van der Waals surface area contributed by atoms with Crippen molar-refractivity contribution in [1.29, 1.82) is 0 Å². The summed E-state index contributed by atoms with van der Waals surface area (Å²) >= 11 is 0. The highest BCUT2D eigenvalue weighted by Crippen LogP contribution is 2.52. The Labute approximate surface area is 559 Å². The molecule has 5 fully saturated rings. The van der Waals surface area contributed by atoms with Gasteiger partial charge in [0.15, 0.2) is 47.5 Å². The molecule has 0 radical (unpaired) electrons. The number of ether oxygens (including phenoxy) is 5. The summed E-state index contributed by atoms with van der Waals surface area (Å²) in [6.45, 7) is 17.7. The molecule has 16 atom stereocenters. The summed E-state index contributed by atoms with van der Waals surface area (Å²) in [6.07, 6.45) is 27.0. The molecule has 0 aliphatic carbocycles. The Morgan fingerprint density at radius 3 is 1.19 bits per heavy atom. The first kappa shape index (κ1) is 73.1. The standard InChI is InChI=1S/C16H23N4O3P.3C16H25N4O3P/c1-24(2,3)7-5-16-8-22-12(13(16)21)15(23-16)20-9-19-11-10(17)4-6-18-14(11)20;1-16(6-8-24(2,3)4)13(22)12(21)15(23-16)20-9-19-11-10(17)5-7-18-14(11)20;2*1-16(22)13(21)11(6-8-24(2,3)4)23-15(16)20-9-19-12-10(17)5-7-18-14(12)20/h4,6,9,12-13,15,21H,1,5,7-8H2,2-3H3,(H2,17,18);5,7,9,12-13,15,21-22H,2,6,8H2,1,3-4H3,(H2,17,18);2*5,7,9,11,13,15,21-22H,2,6,8H2,1,3-4H3,(H2,17,18)/t12-,13+,15-,16+;12-,13+,15-,16-;11-,13-,15-,16+;11-,13-,15-,16-/m1111/s1. The number of hydrogen-bond acceptors (Lipinski definition) is 24. The van der Waals surface area contributed by atoms with E-state index in [4.69, 9.17) is 46.6 Å². The van der Waals surface area contributed by atoms with Gasteiger partial charge in [-0.25, -0.2) is 39.9 Å². The summed E-state index contributed by atoms with van der Waals surface area (Å²) in [4.78, 5) is 34.3. The quantitative estimate of drug-likeness (QED) is 0.0593. The van der Waals surface area contributed by atoms with E-state index >= 15 is 0 Å². The third-order valence-electron chi connectivity index (χ3n) is 18.6. The maximum absolute atomic E-state index is 10.8. The topological polar surface area (TPSA) is 415 Å². The highest BCUT2D eigenvalue weighted by Gasteiger charge is 2.62. The number of pyridine rings is 4. The molecular formula is C64H98N16O12P4. The van der Waals surface area contributed by atoms with Crippen LogP contribution in [0.15, 0.2) is 74.4 Å². The molecule has 8 aromatic heterocycles. The average Bonchev–Trinajstić information content (AvgIpc) is 1.58. The van der Waals surface area contributed by atoms with Crippen LogP contribution in [0, 0.1) is 0 Å². The van der Waals surface area contributed by atoms with Crippen molar-refractivity contribution in [2.75, 3.05) is 108 Å². The van der Waals surface area contributed by atoms with Crippen molar-refractivity contribution in [1.82, 2.24) is 58.1 Å². The minimum atomic E-state index is -1.45. The number of aromatic nitrogens is 12. The fraction of sp³-hybridized carbons (Fsp3) is 0.562. The molecule has 96 heavy (non-hydrogen) atoms. The van der Waals surface area contributed by atoms with Crippen molar-refractivity contribution < 1.29 is 59.4 Å². The SMILES string of the molecule is C=P(C)(C)CC[C@@]1(C)O[C@@H](n2cnc3c(N)ccnc32)[C@H](O)[C@@H]1O.C=P(C)(C)CC[C@@]12CO[C@@H]([C@H](n3cnc4c(N)ccnc43)O1)[C@@H]2O.C=P(C)(C)CC[C@H]1O[C@@H](n2cnc3c(N)ccnc32)[C@@](C)(O)[C@@H]1O.C=P(C)(C)CC[C@H]1O[C@@H](n2cnc3c(N)ccnc32)[C@](C)(O)[C@@H]1O. The van der Waals surface area contributed by atoms with Crippen molar-refractivity contribution >= 4 is 120 Å². The molecule has 526 valence electrons. The van der Waals surface area contributed by atoms with Gasteiger partial charge in [-0.15, -0.1) is 52.7 Å². The monoisotopic (exact) mass is 1410 g/mol. The van der Waals surface area contributed by atoms with Gasteiger partial charge in [-0.1, -0.05) is 0 Å². The molecule has 5 saturated heterocycles. The summed E-state index contributed by atoms with van der Waals surface area (Å²) in [7, 11) is 0. The average molecular weight is 1410 g/mol. The van der Waals surface area contributed by atoms with Gasteiger partial charge in [0, 0.05) is 24.8 Å². The maximum Gasteiger partial charge on any atom is 0.168 e. The Kier molecular flexibility index (Phi) is 20.7. The van der Waals surface area contributed by atoms with Crippen LogP contribution in [0.25, 0.3) is 44.7 Å². The van der Waals surface area contributed by atoms with E-state index in [2.05, 4.69) is 118 Å². The van der Waals surface area contributed by atoms with Gasteiger partial charge >= 0.3 is 0 Å². The number of aliphatic hydroxyl groups excluding tert-OH is 5. The Morgan fingerprint density at radius 2 is 0.812 bits per heavy atom. The minimum absolute atomic E-state index is 0.414. The number of hydrogen-bond donors (Lipinski definition) is 11. The molecule has 0 amide bonds. The lowest BCUT2D eigenvalue weighted by Crippen LogP contribution is -2.43. The molecule has 2 bridgehead atoms. The summed E-state index contributed by atoms with van der Waals surface area (Å²) < 4.78 is 37.0. The van der Waals surface area contributed by atoms with Gasteiger partial charge in [0.25, 0.3) is 0 Å². The van der Waals surface area contributed by atoms with E-state index in [0.29, 0.717) is 93.3 Å². The van der Waals surface area contributed by atoms with Crippen molar-refractivity contribution in [2.24, 2.45) is 0 Å². The van der Waals surface area contributed by atoms with Crippen LogP contribution in [0.2, 0.25) is 0 Å². The van der Waals surface area contributed by atoms with Gasteiger partial charge in [0.05, 0.1) is 72.5 Å². The molecule has 0 unspecified atom stereocenters. The molecule has 32 heteroatoms. The largest absolute Gasteiger partial charge is 0.397 e. The van der Waals surface area contributed by atoms with E-state index in [0.717, 1.165) is 31.1 Å². The summed E-state index contributed by atoms with van der Waals surface area (Å²) in [5, 5.41) is 74.6. The molecular weight excluding hydrogens is 1310 g/mol. The van der Waals surface area contributed by atoms with E-state index in [9.17, 15) is 35.7 Å². The molecule has 0 aromatic carbocycles. The van der Waals surface area contributed by atoms with Gasteiger partial charge < -0.3 is 82.4 Å². The maximum atomic E-state index is 10.8. The third kappa shape index (κ3) is 15.0. The number of fused-ring (bicyclic) bond motifs is 6. The van der Waals surface area contributed by atoms with Crippen molar-refractivity contribution in [3.63, 3.8) is 0 Å².